The van der Waals surface area contributed by atoms with Gasteiger partial charge in [-0.05, 0) is 58.8 Å². The van der Waals surface area contributed by atoms with Crippen molar-refractivity contribution in [2.45, 2.75) is 45.6 Å². The zero-order valence-corrected chi connectivity index (χ0v) is 13.5. The van der Waals surface area contributed by atoms with Crippen LogP contribution < -0.4 is 5.32 Å². The molecule has 0 aliphatic rings. The van der Waals surface area contributed by atoms with Gasteiger partial charge in [-0.15, -0.1) is 0 Å². The average Bonchev–Trinajstić information content (AvgIpc) is 2.98. The summed E-state index contributed by atoms with van der Waals surface area (Å²) in [5, 5.41) is 8.09. The predicted molar refractivity (Wildman–Crippen MR) is 89.6 cm³/mol. The summed E-state index contributed by atoms with van der Waals surface area (Å²) < 4.78 is 0. The second-order valence-corrected chi connectivity index (χ2v) is 6.44. The smallest absolute Gasteiger partial charge is 0.0369 e. The van der Waals surface area contributed by atoms with E-state index in [4.69, 9.17) is 0 Å². The molecule has 0 amide bonds. The molecular weight excluding hydrogens is 262 g/mol. The zero-order valence-electron chi connectivity index (χ0n) is 12.7. The molecule has 0 spiro atoms. The first-order valence-corrected chi connectivity index (χ1v) is 8.49. The summed E-state index contributed by atoms with van der Waals surface area (Å²) in [5.41, 5.74) is 4.24. The van der Waals surface area contributed by atoms with Crippen molar-refractivity contribution in [1.82, 2.24) is 5.32 Å². The highest BCUT2D eigenvalue weighted by Gasteiger charge is 2.12. The maximum absolute atomic E-state index is 3.66. The molecule has 1 nitrogen and oxygen atoms in total. The first kappa shape index (κ1) is 15.3. The molecule has 1 aromatic carbocycles. The topological polar surface area (TPSA) is 12.0 Å². The minimum Gasteiger partial charge on any atom is -0.310 e. The van der Waals surface area contributed by atoms with E-state index in [-0.39, 0.29) is 0 Å². The molecule has 0 bridgehead atoms. The maximum atomic E-state index is 3.66. The maximum Gasteiger partial charge on any atom is 0.0369 e. The number of hydrogen-bond donors (Lipinski definition) is 1. The van der Waals surface area contributed by atoms with E-state index in [0.717, 1.165) is 13.0 Å². The second kappa shape index (κ2) is 7.61. The highest BCUT2D eigenvalue weighted by Crippen LogP contribution is 2.22. The summed E-state index contributed by atoms with van der Waals surface area (Å²) in [4.78, 5) is 0. The lowest BCUT2D eigenvalue weighted by Crippen LogP contribution is -2.23. The molecule has 0 fully saturated rings. The lowest BCUT2D eigenvalue weighted by molar-refractivity contribution is 0.530. The van der Waals surface area contributed by atoms with Gasteiger partial charge < -0.3 is 5.32 Å². The quantitative estimate of drug-likeness (QED) is 0.742. The van der Waals surface area contributed by atoms with Crippen LogP contribution >= 0.6 is 11.3 Å². The lowest BCUT2D eigenvalue weighted by atomic mass is 9.97. The Balaban J connectivity index is 2.07. The Morgan fingerprint density at radius 3 is 2.35 bits per heavy atom. The van der Waals surface area contributed by atoms with Crippen molar-refractivity contribution in [1.29, 1.82) is 0 Å². The van der Waals surface area contributed by atoms with Crippen molar-refractivity contribution in [3.63, 3.8) is 0 Å². The predicted octanol–water partition coefficient (Wildman–Crippen LogP) is 5.15. The van der Waals surface area contributed by atoms with Crippen LogP contribution in [-0.2, 0) is 6.42 Å². The van der Waals surface area contributed by atoms with Gasteiger partial charge in [0.2, 0.25) is 0 Å². The van der Waals surface area contributed by atoms with Gasteiger partial charge >= 0.3 is 0 Å². The summed E-state index contributed by atoms with van der Waals surface area (Å²) in [6, 6.07) is 11.8. The first-order valence-electron chi connectivity index (χ1n) is 7.55. The largest absolute Gasteiger partial charge is 0.310 e. The summed E-state index contributed by atoms with van der Waals surface area (Å²) in [6.07, 6.45) is 2.24. The zero-order chi connectivity index (χ0) is 14.4. The summed E-state index contributed by atoms with van der Waals surface area (Å²) in [5.74, 6) is 0.606. The van der Waals surface area contributed by atoms with Gasteiger partial charge in [0.25, 0.3) is 0 Å². The number of nitrogens with one attached hydrogen (secondary N) is 1. The van der Waals surface area contributed by atoms with Crippen LogP contribution in [0.3, 0.4) is 0 Å². The van der Waals surface area contributed by atoms with Crippen LogP contribution in [0.2, 0.25) is 0 Å². The normalized spacial score (nSPS) is 12.8. The van der Waals surface area contributed by atoms with Crippen LogP contribution in [0.25, 0.3) is 0 Å². The number of benzene rings is 1. The molecule has 20 heavy (non-hydrogen) atoms. The Hall–Kier alpha value is -1.12. The third kappa shape index (κ3) is 4.19. The van der Waals surface area contributed by atoms with Gasteiger partial charge in [-0.1, -0.05) is 45.0 Å². The van der Waals surface area contributed by atoms with Crippen molar-refractivity contribution < 1.29 is 0 Å². The van der Waals surface area contributed by atoms with Crippen molar-refractivity contribution in [3.8, 4) is 0 Å². The van der Waals surface area contributed by atoms with Gasteiger partial charge in [0.15, 0.2) is 0 Å². The molecule has 2 rings (SSSR count). The van der Waals surface area contributed by atoms with E-state index in [1.807, 2.05) is 0 Å². The molecule has 2 aromatic rings. The van der Waals surface area contributed by atoms with E-state index >= 15 is 0 Å². The van der Waals surface area contributed by atoms with Crippen LogP contribution in [0.1, 0.15) is 55.8 Å². The monoisotopic (exact) mass is 287 g/mol. The van der Waals surface area contributed by atoms with Crippen LogP contribution in [0, 0.1) is 0 Å². The Labute approximate surface area is 127 Å². The third-order valence-electron chi connectivity index (χ3n) is 3.67. The third-order valence-corrected chi connectivity index (χ3v) is 4.37. The van der Waals surface area contributed by atoms with Gasteiger partial charge in [-0.3, -0.25) is 0 Å². The van der Waals surface area contributed by atoms with Crippen LogP contribution in [-0.4, -0.2) is 6.54 Å². The standard InChI is InChI=1S/C18H25NS/c1-4-10-19-18(17-9-11-20-13-17)12-15-5-7-16(8-6-15)14(2)3/h5-9,11,13-14,18-19H,4,10,12H2,1-3H3. The SMILES string of the molecule is CCCNC(Cc1ccc(C(C)C)cc1)c1ccsc1. The molecule has 0 radical (unpaired) electrons. The van der Waals surface area contributed by atoms with Crippen LogP contribution in [0.15, 0.2) is 41.1 Å². The molecule has 0 aliphatic carbocycles. The highest BCUT2D eigenvalue weighted by atomic mass is 32.1. The minimum absolute atomic E-state index is 0.436. The summed E-state index contributed by atoms with van der Waals surface area (Å²) in [6.45, 7) is 7.78. The van der Waals surface area contributed by atoms with Crippen LogP contribution in [0.4, 0.5) is 0 Å². The highest BCUT2D eigenvalue weighted by molar-refractivity contribution is 7.07. The fraction of sp³-hybridized carbons (Fsp3) is 0.444. The molecule has 1 unspecified atom stereocenters. The van der Waals surface area contributed by atoms with Crippen molar-refractivity contribution in [2.24, 2.45) is 0 Å². The Morgan fingerprint density at radius 1 is 1.05 bits per heavy atom. The van der Waals surface area contributed by atoms with Gasteiger partial charge in [-0.2, -0.15) is 11.3 Å². The molecule has 0 saturated heterocycles. The molecule has 0 saturated carbocycles. The van der Waals surface area contributed by atoms with E-state index in [0.29, 0.717) is 12.0 Å². The van der Waals surface area contributed by atoms with Gasteiger partial charge in [-0.25, -0.2) is 0 Å². The second-order valence-electron chi connectivity index (χ2n) is 5.66. The molecular formula is C18H25NS. The van der Waals surface area contributed by atoms with E-state index in [2.05, 4.69) is 67.2 Å². The number of thiophene rings is 1. The van der Waals surface area contributed by atoms with E-state index in [1.54, 1.807) is 11.3 Å². The molecule has 1 N–H and O–H groups in total. The molecule has 0 aliphatic heterocycles. The molecule has 2 heteroatoms. The minimum atomic E-state index is 0.436. The molecule has 108 valence electrons. The van der Waals surface area contributed by atoms with Gasteiger partial charge in [0, 0.05) is 6.04 Å². The van der Waals surface area contributed by atoms with E-state index in [1.165, 1.54) is 23.1 Å². The van der Waals surface area contributed by atoms with Gasteiger partial charge in [0.05, 0.1) is 0 Å². The van der Waals surface area contributed by atoms with E-state index < -0.39 is 0 Å². The van der Waals surface area contributed by atoms with Crippen molar-refractivity contribution in [3.05, 3.63) is 57.8 Å². The molecule has 1 aromatic heterocycles. The number of hydrogen-bond acceptors (Lipinski definition) is 2. The number of rotatable bonds is 7. The summed E-state index contributed by atoms with van der Waals surface area (Å²) >= 11 is 1.78. The average molecular weight is 287 g/mol. The van der Waals surface area contributed by atoms with Gasteiger partial charge in [0.1, 0.15) is 0 Å². The van der Waals surface area contributed by atoms with E-state index in [9.17, 15) is 0 Å². The Kier molecular flexibility index (Phi) is 5.81. The fourth-order valence-corrected chi connectivity index (χ4v) is 3.09. The Bertz CT molecular complexity index is 485. The fourth-order valence-electron chi connectivity index (χ4n) is 2.37. The van der Waals surface area contributed by atoms with Crippen molar-refractivity contribution in [2.75, 3.05) is 6.54 Å². The van der Waals surface area contributed by atoms with Crippen molar-refractivity contribution >= 4 is 11.3 Å². The Morgan fingerprint density at radius 2 is 1.80 bits per heavy atom. The molecule has 1 heterocycles. The first-order chi connectivity index (χ1) is 9.70. The van der Waals surface area contributed by atoms with Crippen LogP contribution in [0.5, 0.6) is 0 Å². The molecule has 1 atom stereocenters. The summed E-state index contributed by atoms with van der Waals surface area (Å²) in [7, 11) is 0. The lowest BCUT2D eigenvalue weighted by Gasteiger charge is -2.18.